The van der Waals surface area contributed by atoms with Crippen molar-refractivity contribution in [1.82, 2.24) is 15.5 Å². The maximum atomic E-state index is 9.34. The molecule has 1 aliphatic heterocycles. The summed E-state index contributed by atoms with van der Waals surface area (Å²) in [5.41, 5.74) is 0. The Balaban J connectivity index is 1.93. The Morgan fingerprint density at radius 3 is 2.93 bits per heavy atom. The minimum Gasteiger partial charge on any atom is -0.392 e. The van der Waals surface area contributed by atoms with Crippen molar-refractivity contribution in [3.05, 3.63) is 11.7 Å². The van der Waals surface area contributed by atoms with Crippen LogP contribution in [0.3, 0.4) is 0 Å². The molecule has 1 fully saturated rings. The van der Waals surface area contributed by atoms with E-state index in [1.165, 1.54) is 0 Å². The molecule has 1 aromatic rings. The van der Waals surface area contributed by atoms with Crippen LogP contribution in [0.2, 0.25) is 0 Å². The number of aliphatic hydroxyl groups excluding tert-OH is 1. The van der Waals surface area contributed by atoms with Crippen LogP contribution in [0.4, 0.5) is 0 Å². The van der Waals surface area contributed by atoms with E-state index in [9.17, 15) is 5.11 Å². The van der Waals surface area contributed by atoms with Gasteiger partial charge in [-0.25, -0.2) is 0 Å². The molecule has 0 aliphatic carbocycles. The molecule has 5 heteroatoms. The summed E-state index contributed by atoms with van der Waals surface area (Å²) in [6, 6.07) is 0.264. The summed E-state index contributed by atoms with van der Waals surface area (Å²) in [6.45, 7) is 4.73. The van der Waals surface area contributed by atoms with Crippen LogP contribution in [0.25, 0.3) is 0 Å². The third-order valence-electron chi connectivity index (χ3n) is 2.62. The maximum absolute atomic E-state index is 9.34. The van der Waals surface area contributed by atoms with Crippen molar-refractivity contribution in [1.29, 1.82) is 0 Å². The highest BCUT2D eigenvalue weighted by Crippen LogP contribution is 2.14. The maximum Gasteiger partial charge on any atom is 0.228 e. The van der Waals surface area contributed by atoms with Crippen molar-refractivity contribution in [3.8, 4) is 0 Å². The number of β-amino-alcohol motifs (C(OH)–C–C–N with tert-alkyl or cyclic N) is 1. The highest BCUT2D eigenvalue weighted by molar-refractivity contribution is 4.95. The van der Waals surface area contributed by atoms with Crippen LogP contribution in [0.15, 0.2) is 4.52 Å². The summed E-state index contributed by atoms with van der Waals surface area (Å²) in [5, 5.41) is 16.5. The summed E-state index contributed by atoms with van der Waals surface area (Å²) in [7, 11) is 0. The average Bonchev–Trinajstić information content (AvgIpc) is 2.76. The molecule has 2 unspecified atom stereocenters. The van der Waals surface area contributed by atoms with Gasteiger partial charge in [-0.2, -0.15) is 4.98 Å². The van der Waals surface area contributed by atoms with E-state index in [0.717, 1.165) is 12.2 Å². The van der Waals surface area contributed by atoms with E-state index < -0.39 is 0 Å². The van der Waals surface area contributed by atoms with Crippen molar-refractivity contribution < 1.29 is 9.63 Å². The van der Waals surface area contributed by atoms with E-state index in [1.54, 1.807) is 0 Å². The second-order valence-electron chi connectivity index (χ2n) is 4.40. The molecular weight excluding hydrogens is 194 g/mol. The van der Waals surface area contributed by atoms with Gasteiger partial charge in [-0.1, -0.05) is 19.0 Å². The minimum absolute atomic E-state index is 0.234. The Morgan fingerprint density at radius 1 is 1.60 bits per heavy atom. The highest BCUT2D eigenvalue weighted by Gasteiger charge is 2.24. The zero-order chi connectivity index (χ0) is 10.8. The van der Waals surface area contributed by atoms with Gasteiger partial charge in [-0.3, -0.25) is 0 Å². The fourth-order valence-corrected chi connectivity index (χ4v) is 1.75. The first-order valence-electron chi connectivity index (χ1n) is 5.39. The van der Waals surface area contributed by atoms with Crippen LogP contribution in [0.5, 0.6) is 0 Å². The lowest BCUT2D eigenvalue weighted by atomic mass is 10.1. The van der Waals surface area contributed by atoms with Crippen LogP contribution in [-0.4, -0.2) is 33.9 Å². The number of hydrogen-bond donors (Lipinski definition) is 2. The molecular formula is C10H17N3O2. The van der Waals surface area contributed by atoms with Gasteiger partial charge in [0, 0.05) is 24.9 Å². The van der Waals surface area contributed by atoms with Gasteiger partial charge in [-0.05, 0) is 6.42 Å². The fourth-order valence-electron chi connectivity index (χ4n) is 1.75. The molecule has 2 atom stereocenters. The highest BCUT2D eigenvalue weighted by atomic mass is 16.5. The van der Waals surface area contributed by atoms with Crippen LogP contribution < -0.4 is 5.32 Å². The predicted molar refractivity (Wildman–Crippen MR) is 54.5 cm³/mol. The fraction of sp³-hybridized carbons (Fsp3) is 0.800. The van der Waals surface area contributed by atoms with Crippen molar-refractivity contribution in [2.45, 2.75) is 44.8 Å². The van der Waals surface area contributed by atoms with E-state index in [0.29, 0.717) is 24.8 Å². The number of nitrogens with zero attached hydrogens (tertiary/aromatic N) is 2. The van der Waals surface area contributed by atoms with Crippen molar-refractivity contribution >= 4 is 0 Å². The topological polar surface area (TPSA) is 71.2 Å². The molecule has 0 aromatic carbocycles. The molecule has 0 spiro atoms. The molecule has 1 aromatic heterocycles. The molecule has 0 saturated carbocycles. The van der Waals surface area contributed by atoms with Crippen LogP contribution in [0.1, 0.15) is 37.9 Å². The second kappa shape index (κ2) is 4.28. The Bertz CT molecular complexity index is 324. The van der Waals surface area contributed by atoms with Gasteiger partial charge in [-0.15, -0.1) is 0 Å². The molecule has 2 rings (SSSR count). The van der Waals surface area contributed by atoms with Crippen molar-refractivity contribution in [2.75, 3.05) is 6.54 Å². The van der Waals surface area contributed by atoms with Gasteiger partial charge in [0.15, 0.2) is 5.82 Å². The molecule has 15 heavy (non-hydrogen) atoms. The normalized spacial score (nSPS) is 26.4. The molecule has 1 aliphatic rings. The van der Waals surface area contributed by atoms with Gasteiger partial charge >= 0.3 is 0 Å². The SMILES string of the molecule is CC(C)c1noc(CC2CC(O)CN2)n1. The summed E-state index contributed by atoms with van der Waals surface area (Å²) >= 11 is 0. The van der Waals surface area contributed by atoms with E-state index in [4.69, 9.17) is 4.52 Å². The van der Waals surface area contributed by atoms with E-state index >= 15 is 0 Å². The van der Waals surface area contributed by atoms with E-state index in [2.05, 4.69) is 15.5 Å². The molecule has 84 valence electrons. The monoisotopic (exact) mass is 211 g/mol. The largest absolute Gasteiger partial charge is 0.392 e. The number of aliphatic hydroxyl groups is 1. The van der Waals surface area contributed by atoms with Crippen LogP contribution in [0, 0.1) is 0 Å². The first kappa shape index (κ1) is 10.6. The average molecular weight is 211 g/mol. The summed E-state index contributed by atoms with van der Waals surface area (Å²) in [4.78, 5) is 4.30. The minimum atomic E-state index is -0.234. The number of rotatable bonds is 3. The van der Waals surface area contributed by atoms with Gasteiger partial charge < -0.3 is 14.9 Å². The molecule has 0 amide bonds. The van der Waals surface area contributed by atoms with E-state index in [1.807, 2.05) is 13.8 Å². The molecule has 2 heterocycles. The number of aromatic nitrogens is 2. The summed E-state index contributed by atoms with van der Waals surface area (Å²) < 4.78 is 5.14. The summed E-state index contributed by atoms with van der Waals surface area (Å²) in [6.07, 6.45) is 1.23. The Kier molecular flexibility index (Phi) is 3.02. The zero-order valence-electron chi connectivity index (χ0n) is 9.10. The molecule has 2 N–H and O–H groups in total. The Hall–Kier alpha value is -0.940. The molecule has 0 bridgehead atoms. The zero-order valence-corrected chi connectivity index (χ0v) is 9.10. The first-order chi connectivity index (χ1) is 7.15. The van der Waals surface area contributed by atoms with Crippen molar-refractivity contribution in [2.24, 2.45) is 0 Å². The lowest BCUT2D eigenvalue weighted by Crippen LogP contribution is -2.23. The standard InChI is InChI=1S/C10H17N3O2/c1-6(2)10-12-9(15-13-10)4-7-3-8(14)5-11-7/h6-8,11,14H,3-5H2,1-2H3. The van der Waals surface area contributed by atoms with Gasteiger partial charge in [0.05, 0.1) is 6.10 Å². The molecule has 0 radical (unpaired) electrons. The quantitative estimate of drug-likeness (QED) is 0.760. The van der Waals surface area contributed by atoms with Crippen LogP contribution >= 0.6 is 0 Å². The molecule has 5 nitrogen and oxygen atoms in total. The lowest BCUT2D eigenvalue weighted by molar-refractivity contribution is 0.192. The van der Waals surface area contributed by atoms with Gasteiger partial charge in [0.1, 0.15) is 0 Å². The molecule has 1 saturated heterocycles. The third kappa shape index (κ3) is 2.54. The van der Waals surface area contributed by atoms with Gasteiger partial charge in [0.25, 0.3) is 0 Å². The Morgan fingerprint density at radius 2 is 2.40 bits per heavy atom. The first-order valence-corrected chi connectivity index (χ1v) is 5.39. The lowest BCUT2D eigenvalue weighted by Gasteiger charge is -2.04. The third-order valence-corrected chi connectivity index (χ3v) is 2.62. The van der Waals surface area contributed by atoms with Crippen LogP contribution in [-0.2, 0) is 6.42 Å². The smallest absolute Gasteiger partial charge is 0.228 e. The van der Waals surface area contributed by atoms with E-state index in [-0.39, 0.29) is 12.1 Å². The summed E-state index contributed by atoms with van der Waals surface area (Å²) in [5.74, 6) is 1.71. The Labute approximate surface area is 88.9 Å². The van der Waals surface area contributed by atoms with Crippen molar-refractivity contribution in [3.63, 3.8) is 0 Å². The number of nitrogens with one attached hydrogen (secondary N) is 1. The number of hydrogen-bond acceptors (Lipinski definition) is 5. The predicted octanol–water partition coefficient (Wildman–Crippen LogP) is 0.458. The van der Waals surface area contributed by atoms with Gasteiger partial charge in [0.2, 0.25) is 5.89 Å². The second-order valence-corrected chi connectivity index (χ2v) is 4.40.